The highest BCUT2D eigenvalue weighted by Crippen LogP contribution is 2.34. The molecule has 1 N–H and O–H groups in total. The molecule has 3 aromatic carbocycles. The Hall–Kier alpha value is -2.10. The molecule has 2 atom stereocenters. The monoisotopic (exact) mass is 580 g/mol. The van der Waals surface area contributed by atoms with Crippen molar-refractivity contribution in [3.8, 4) is 0 Å². The molecule has 1 fully saturated rings. The van der Waals surface area contributed by atoms with Crippen LogP contribution in [0.1, 0.15) is 36.2 Å². The minimum absolute atomic E-state index is 0.0666. The fraction of sp³-hybridized carbons (Fsp3) is 0.296. The van der Waals surface area contributed by atoms with E-state index in [2.05, 4.69) is 5.32 Å². The van der Waals surface area contributed by atoms with Crippen molar-refractivity contribution >= 4 is 50.9 Å². The number of nitrogens with zero attached hydrogens (tertiary/aromatic N) is 1. The molecule has 3 aromatic rings. The highest BCUT2D eigenvalue weighted by atomic mass is 35.5. The molecule has 1 heterocycles. The van der Waals surface area contributed by atoms with Gasteiger partial charge in [-0.1, -0.05) is 54.9 Å². The zero-order chi connectivity index (χ0) is 26.7. The van der Waals surface area contributed by atoms with Crippen molar-refractivity contribution in [2.75, 3.05) is 13.1 Å². The molecule has 37 heavy (non-hydrogen) atoms. The topological polar surface area (TPSA) is 66.5 Å². The van der Waals surface area contributed by atoms with Gasteiger partial charge in [0.1, 0.15) is 5.82 Å². The number of amides is 1. The van der Waals surface area contributed by atoms with Gasteiger partial charge in [0.15, 0.2) is 0 Å². The first kappa shape index (κ1) is 27.9. The number of carbonyl (C=O) groups is 1. The van der Waals surface area contributed by atoms with Crippen LogP contribution in [0, 0.1) is 17.7 Å². The minimum Gasteiger partial charge on any atom is -0.348 e. The Morgan fingerprint density at radius 3 is 2.32 bits per heavy atom. The molecule has 0 unspecified atom stereocenters. The van der Waals surface area contributed by atoms with Crippen LogP contribution in [0.3, 0.4) is 0 Å². The minimum atomic E-state index is -3.79. The molecule has 4 rings (SSSR count). The van der Waals surface area contributed by atoms with E-state index in [4.69, 9.17) is 23.2 Å². The Bertz CT molecular complexity index is 1390. The van der Waals surface area contributed by atoms with E-state index >= 15 is 0 Å². The average Bonchev–Trinajstić information content (AvgIpc) is 2.85. The molecular formula is C27H27Cl2FN2O3S2. The molecule has 0 bridgehead atoms. The number of benzene rings is 3. The van der Waals surface area contributed by atoms with Crippen molar-refractivity contribution in [3.63, 3.8) is 0 Å². The fourth-order valence-electron chi connectivity index (χ4n) is 4.44. The first-order valence-corrected chi connectivity index (χ1v) is 14.8. The lowest BCUT2D eigenvalue weighted by atomic mass is 9.94. The SMILES string of the molecule is C[C@H]1C[C@H](C)CN(S(=O)(=O)c2ccc(Sc3ccc(F)cc3)c(C(=O)NCc3ccc(Cl)c(Cl)c3)c2)C1. The van der Waals surface area contributed by atoms with Crippen LogP contribution >= 0.6 is 35.0 Å². The molecule has 5 nitrogen and oxygen atoms in total. The first-order chi connectivity index (χ1) is 17.5. The Balaban J connectivity index is 1.65. The summed E-state index contributed by atoms with van der Waals surface area (Å²) in [6, 6.07) is 15.5. The molecule has 1 saturated heterocycles. The van der Waals surface area contributed by atoms with E-state index in [9.17, 15) is 17.6 Å². The Kier molecular flexibility index (Phi) is 8.86. The quantitative estimate of drug-likeness (QED) is 0.331. The maximum atomic E-state index is 13.5. The summed E-state index contributed by atoms with van der Waals surface area (Å²) in [5.41, 5.74) is 0.962. The van der Waals surface area contributed by atoms with Gasteiger partial charge in [0.05, 0.1) is 20.5 Å². The van der Waals surface area contributed by atoms with Crippen molar-refractivity contribution in [1.29, 1.82) is 0 Å². The van der Waals surface area contributed by atoms with Crippen molar-refractivity contribution in [2.24, 2.45) is 11.8 Å². The summed E-state index contributed by atoms with van der Waals surface area (Å²) in [6.45, 7) is 5.15. The summed E-state index contributed by atoms with van der Waals surface area (Å²) in [7, 11) is -3.79. The molecule has 1 amide bonds. The summed E-state index contributed by atoms with van der Waals surface area (Å²) >= 11 is 13.3. The van der Waals surface area contributed by atoms with E-state index in [0.29, 0.717) is 32.9 Å². The predicted molar refractivity (Wildman–Crippen MR) is 146 cm³/mol. The molecule has 1 aliphatic rings. The van der Waals surface area contributed by atoms with Crippen molar-refractivity contribution < 1.29 is 17.6 Å². The van der Waals surface area contributed by atoms with Crippen LogP contribution in [-0.2, 0) is 16.6 Å². The van der Waals surface area contributed by atoms with Gasteiger partial charge in [0.25, 0.3) is 5.91 Å². The maximum absolute atomic E-state index is 13.5. The van der Waals surface area contributed by atoms with Crippen LogP contribution in [0.5, 0.6) is 0 Å². The van der Waals surface area contributed by atoms with Crippen molar-refractivity contribution in [2.45, 2.75) is 41.5 Å². The largest absolute Gasteiger partial charge is 0.348 e. The lowest BCUT2D eigenvalue weighted by Gasteiger charge is -2.34. The summed E-state index contributed by atoms with van der Waals surface area (Å²) in [4.78, 5) is 14.7. The third-order valence-corrected chi connectivity index (χ3v) is 9.80. The normalized spacial score (nSPS) is 18.5. The number of sulfonamides is 1. The average molecular weight is 582 g/mol. The van der Waals surface area contributed by atoms with E-state index in [1.54, 1.807) is 36.4 Å². The van der Waals surface area contributed by atoms with Crippen molar-refractivity contribution in [3.05, 3.63) is 87.7 Å². The maximum Gasteiger partial charge on any atom is 0.252 e. The third kappa shape index (κ3) is 6.86. The van der Waals surface area contributed by atoms with Gasteiger partial charge in [-0.2, -0.15) is 4.31 Å². The number of hydrogen-bond acceptors (Lipinski definition) is 4. The van der Waals surface area contributed by atoms with Crippen LogP contribution in [0.15, 0.2) is 75.4 Å². The van der Waals surface area contributed by atoms with E-state index < -0.39 is 15.9 Å². The van der Waals surface area contributed by atoms with Crippen LogP contribution in [0.4, 0.5) is 4.39 Å². The molecule has 0 aromatic heterocycles. The zero-order valence-corrected chi connectivity index (χ0v) is 23.5. The zero-order valence-electron chi connectivity index (χ0n) is 20.4. The second-order valence-corrected chi connectivity index (χ2v) is 13.3. The smallest absolute Gasteiger partial charge is 0.252 e. The molecule has 0 radical (unpaired) electrons. The van der Waals surface area contributed by atoms with E-state index in [0.717, 1.165) is 12.0 Å². The number of piperidine rings is 1. The fourth-order valence-corrected chi connectivity index (χ4v) is 7.39. The lowest BCUT2D eigenvalue weighted by molar-refractivity contribution is 0.0947. The van der Waals surface area contributed by atoms with Gasteiger partial charge < -0.3 is 5.32 Å². The van der Waals surface area contributed by atoms with E-state index in [1.165, 1.54) is 40.3 Å². The first-order valence-electron chi connectivity index (χ1n) is 11.8. The molecule has 0 spiro atoms. The Labute approximate surface area is 231 Å². The number of halogens is 3. The van der Waals surface area contributed by atoms with Crippen LogP contribution in [0.25, 0.3) is 0 Å². The Morgan fingerprint density at radius 1 is 1.00 bits per heavy atom. The number of hydrogen-bond donors (Lipinski definition) is 1. The summed E-state index contributed by atoms with van der Waals surface area (Å²) in [5, 5.41) is 3.63. The summed E-state index contributed by atoms with van der Waals surface area (Å²) < 4.78 is 42.0. The van der Waals surface area contributed by atoms with E-state index in [1.807, 2.05) is 13.8 Å². The van der Waals surface area contributed by atoms with Gasteiger partial charge >= 0.3 is 0 Å². The van der Waals surface area contributed by atoms with Gasteiger partial charge in [-0.3, -0.25) is 4.79 Å². The van der Waals surface area contributed by atoms with Crippen LogP contribution in [-0.4, -0.2) is 31.7 Å². The van der Waals surface area contributed by atoms with Crippen molar-refractivity contribution in [1.82, 2.24) is 9.62 Å². The lowest BCUT2D eigenvalue weighted by Crippen LogP contribution is -2.42. The number of nitrogens with one attached hydrogen (secondary N) is 1. The second kappa shape index (κ2) is 11.7. The summed E-state index contributed by atoms with van der Waals surface area (Å²) in [5.74, 6) is -0.301. The molecular weight excluding hydrogens is 554 g/mol. The van der Waals surface area contributed by atoms with Gasteiger partial charge in [-0.15, -0.1) is 0 Å². The molecule has 0 saturated carbocycles. The number of rotatable bonds is 7. The van der Waals surface area contributed by atoms with Crippen LogP contribution in [0.2, 0.25) is 10.0 Å². The number of carbonyl (C=O) groups excluding carboxylic acids is 1. The highest BCUT2D eigenvalue weighted by Gasteiger charge is 2.32. The summed E-state index contributed by atoms with van der Waals surface area (Å²) in [6.07, 6.45) is 0.974. The molecule has 1 aliphatic heterocycles. The molecule has 10 heteroatoms. The van der Waals surface area contributed by atoms with Gasteiger partial charge in [-0.25, -0.2) is 12.8 Å². The van der Waals surface area contributed by atoms with Gasteiger partial charge in [0, 0.05) is 29.4 Å². The second-order valence-electron chi connectivity index (χ2n) is 9.41. The predicted octanol–water partition coefficient (Wildman–Crippen LogP) is 6.88. The Morgan fingerprint density at radius 2 is 1.68 bits per heavy atom. The highest BCUT2D eigenvalue weighted by molar-refractivity contribution is 7.99. The van der Waals surface area contributed by atoms with Gasteiger partial charge in [0.2, 0.25) is 10.0 Å². The molecule has 0 aliphatic carbocycles. The third-order valence-electron chi connectivity index (χ3n) is 6.15. The van der Waals surface area contributed by atoms with Gasteiger partial charge in [-0.05, 0) is 78.4 Å². The molecule has 196 valence electrons. The van der Waals surface area contributed by atoms with E-state index in [-0.39, 0.29) is 34.7 Å². The van der Waals surface area contributed by atoms with Crippen LogP contribution < -0.4 is 5.32 Å². The standard InChI is InChI=1S/C27H27Cl2FN2O3S2/c1-17-11-18(2)16-32(15-17)37(34,35)22-8-10-26(36-21-6-4-20(30)5-7-21)23(13-22)27(33)31-14-19-3-9-24(28)25(29)12-19/h3-10,12-13,17-18H,11,14-16H2,1-2H3,(H,31,33)/t17-,18-/m0/s1.